The molecule has 1 amide bonds. The lowest BCUT2D eigenvalue weighted by atomic mass is 9.98. The van der Waals surface area contributed by atoms with E-state index in [-0.39, 0.29) is 6.42 Å². The topological polar surface area (TPSA) is 189 Å². The standard InChI is InChI=1S/C76H149NO10/c1-3-5-7-9-11-13-15-17-19-21-23-25-27-29-31-33-35-37-39-41-43-45-47-49-51-53-55-57-59-61-63-68(79)71(81)67(66-86-76-74(84)73(83)72(82)70(65-78)87-76)77-75(85)69(80)64-62-60-58-56-54-52-50-48-46-44-42-40-38-36-34-32-30-28-26-24-22-20-18-16-14-12-10-8-6-4-2/h30,32,67-74,76,78-84H,3-29,31,33-66H2,1-2H3,(H,77,85)/b32-30-. The van der Waals surface area contributed by atoms with Gasteiger partial charge >= 0.3 is 0 Å². The van der Waals surface area contributed by atoms with Gasteiger partial charge in [-0.3, -0.25) is 4.79 Å². The first-order valence-electron chi connectivity index (χ1n) is 38.6. The number of amides is 1. The van der Waals surface area contributed by atoms with Crippen LogP contribution in [-0.2, 0) is 14.3 Å². The molecule has 1 rings (SSSR count). The summed E-state index contributed by atoms with van der Waals surface area (Å²) in [4.78, 5) is 13.3. The summed E-state index contributed by atoms with van der Waals surface area (Å²) in [5.74, 6) is -0.688. The number of allylic oxidation sites excluding steroid dienone is 2. The molecule has 0 saturated carbocycles. The highest BCUT2D eigenvalue weighted by Crippen LogP contribution is 2.24. The maximum atomic E-state index is 13.3. The average molecular weight is 1240 g/mol. The minimum Gasteiger partial charge on any atom is -0.394 e. The number of aliphatic hydroxyl groups is 7. The first-order valence-corrected chi connectivity index (χ1v) is 38.6. The van der Waals surface area contributed by atoms with Crippen LogP contribution in [0.15, 0.2) is 12.2 Å². The van der Waals surface area contributed by atoms with E-state index in [2.05, 4.69) is 31.3 Å². The third kappa shape index (κ3) is 52.0. The summed E-state index contributed by atoms with van der Waals surface area (Å²) in [7, 11) is 0. The molecule has 1 heterocycles. The molecular weight excluding hydrogens is 1090 g/mol. The van der Waals surface area contributed by atoms with Crippen LogP contribution in [0.1, 0.15) is 399 Å². The van der Waals surface area contributed by atoms with Gasteiger partial charge < -0.3 is 50.5 Å². The Hall–Kier alpha value is -1.15. The summed E-state index contributed by atoms with van der Waals surface area (Å²) in [5.41, 5.74) is 0. The molecule has 1 aliphatic rings. The minimum absolute atomic E-state index is 0.265. The van der Waals surface area contributed by atoms with E-state index < -0.39 is 74.2 Å². The average Bonchev–Trinajstić information content (AvgIpc) is 1.97. The van der Waals surface area contributed by atoms with Gasteiger partial charge in [-0.2, -0.15) is 0 Å². The molecule has 11 heteroatoms. The summed E-state index contributed by atoms with van der Waals surface area (Å²) in [6.45, 7) is 3.53. The van der Waals surface area contributed by atoms with Crippen LogP contribution in [0.2, 0.25) is 0 Å². The number of nitrogens with one attached hydrogen (secondary N) is 1. The van der Waals surface area contributed by atoms with Crippen molar-refractivity contribution in [2.45, 2.75) is 454 Å². The van der Waals surface area contributed by atoms with Crippen LogP contribution in [0, 0.1) is 0 Å². The van der Waals surface area contributed by atoms with E-state index in [0.717, 1.165) is 38.5 Å². The molecular formula is C76H149NO10. The van der Waals surface area contributed by atoms with Crippen LogP contribution in [-0.4, -0.2) is 110 Å². The van der Waals surface area contributed by atoms with E-state index in [1.165, 1.54) is 321 Å². The Balaban J connectivity index is 2.15. The molecule has 0 spiro atoms. The smallest absolute Gasteiger partial charge is 0.249 e. The molecule has 0 aromatic heterocycles. The zero-order chi connectivity index (χ0) is 63.1. The van der Waals surface area contributed by atoms with E-state index in [9.17, 15) is 40.5 Å². The Labute approximate surface area is 538 Å². The van der Waals surface area contributed by atoms with Crippen LogP contribution in [0.25, 0.3) is 0 Å². The van der Waals surface area contributed by atoms with Crippen molar-refractivity contribution >= 4 is 5.91 Å². The lowest BCUT2D eigenvalue weighted by molar-refractivity contribution is -0.303. The second kappa shape index (κ2) is 64.9. The molecule has 1 saturated heterocycles. The molecule has 0 aromatic carbocycles. The molecule has 8 N–H and O–H groups in total. The van der Waals surface area contributed by atoms with Crippen molar-refractivity contribution in [3.63, 3.8) is 0 Å². The molecule has 1 aliphatic heterocycles. The third-order valence-electron chi connectivity index (χ3n) is 19.1. The maximum Gasteiger partial charge on any atom is 0.249 e. The van der Waals surface area contributed by atoms with Gasteiger partial charge in [0.25, 0.3) is 0 Å². The highest BCUT2D eigenvalue weighted by Gasteiger charge is 2.44. The summed E-state index contributed by atoms with van der Waals surface area (Å²) >= 11 is 0. The Bertz CT molecular complexity index is 1420. The van der Waals surface area contributed by atoms with Gasteiger partial charge in [-0.25, -0.2) is 0 Å². The number of rotatable bonds is 69. The van der Waals surface area contributed by atoms with Crippen LogP contribution < -0.4 is 5.32 Å². The molecule has 0 radical (unpaired) electrons. The van der Waals surface area contributed by atoms with Gasteiger partial charge in [0.15, 0.2) is 6.29 Å². The second-order valence-corrected chi connectivity index (χ2v) is 27.4. The Morgan fingerprint density at radius 2 is 0.667 bits per heavy atom. The van der Waals surface area contributed by atoms with Crippen molar-refractivity contribution < 1.29 is 50.0 Å². The number of hydrogen-bond acceptors (Lipinski definition) is 10. The number of ether oxygens (including phenoxy) is 2. The first kappa shape index (κ1) is 83.9. The molecule has 518 valence electrons. The normalized spacial score (nSPS) is 18.7. The maximum absolute atomic E-state index is 13.3. The quantitative estimate of drug-likeness (QED) is 0.0215. The van der Waals surface area contributed by atoms with Gasteiger partial charge in [0.2, 0.25) is 5.91 Å². The highest BCUT2D eigenvalue weighted by atomic mass is 16.7. The van der Waals surface area contributed by atoms with Crippen molar-refractivity contribution in [3.05, 3.63) is 12.2 Å². The number of unbranched alkanes of at least 4 members (excludes halogenated alkanes) is 55. The summed E-state index contributed by atoms with van der Waals surface area (Å²) in [6.07, 6.45) is 70.3. The van der Waals surface area contributed by atoms with E-state index >= 15 is 0 Å². The van der Waals surface area contributed by atoms with E-state index in [1.807, 2.05) is 0 Å². The fourth-order valence-electron chi connectivity index (χ4n) is 12.9. The van der Waals surface area contributed by atoms with Crippen LogP contribution >= 0.6 is 0 Å². The molecule has 0 aromatic rings. The lowest BCUT2D eigenvalue weighted by Crippen LogP contribution is -2.60. The predicted molar refractivity (Wildman–Crippen MR) is 367 cm³/mol. The number of carbonyl (C=O) groups excluding carboxylic acids is 1. The van der Waals surface area contributed by atoms with E-state index in [4.69, 9.17) is 9.47 Å². The van der Waals surface area contributed by atoms with Gasteiger partial charge in [0.1, 0.15) is 36.6 Å². The van der Waals surface area contributed by atoms with Crippen molar-refractivity contribution in [1.82, 2.24) is 5.32 Å². The molecule has 11 nitrogen and oxygen atoms in total. The summed E-state index contributed by atoms with van der Waals surface area (Å²) in [6, 6.07) is -1.17. The molecule has 87 heavy (non-hydrogen) atoms. The van der Waals surface area contributed by atoms with Crippen LogP contribution in [0.4, 0.5) is 0 Å². The molecule has 1 fully saturated rings. The summed E-state index contributed by atoms with van der Waals surface area (Å²) < 4.78 is 11.2. The van der Waals surface area contributed by atoms with Crippen molar-refractivity contribution in [2.75, 3.05) is 13.2 Å². The summed E-state index contributed by atoms with van der Waals surface area (Å²) in [5, 5.41) is 76.7. The van der Waals surface area contributed by atoms with Crippen LogP contribution in [0.3, 0.4) is 0 Å². The fraction of sp³-hybridized carbons (Fsp3) is 0.961. The minimum atomic E-state index is -1.66. The highest BCUT2D eigenvalue weighted by molar-refractivity contribution is 5.80. The van der Waals surface area contributed by atoms with E-state index in [1.54, 1.807) is 0 Å². The van der Waals surface area contributed by atoms with Gasteiger partial charge in [0, 0.05) is 0 Å². The zero-order valence-electron chi connectivity index (χ0n) is 57.5. The molecule has 0 bridgehead atoms. The first-order chi connectivity index (χ1) is 42.7. The number of carbonyl (C=O) groups is 1. The fourth-order valence-corrected chi connectivity index (χ4v) is 12.9. The monoisotopic (exact) mass is 1240 g/mol. The molecule has 9 unspecified atom stereocenters. The Morgan fingerprint density at radius 3 is 0.966 bits per heavy atom. The number of hydrogen-bond donors (Lipinski definition) is 8. The lowest BCUT2D eigenvalue weighted by Gasteiger charge is -2.40. The van der Waals surface area contributed by atoms with Gasteiger partial charge in [-0.05, 0) is 38.5 Å². The number of aliphatic hydroxyl groups excluding tert-OH is 7. The molecule has 0 aliphatic carbocycles. The zero-order valence-corrected chi connectivity index (χ0v) is 57.5. The third-order valence-corrected chi connectivity index (χ3v) is 19.1. The van der Waals surface area contributed by atoms with Gasteiger partial charge in [0.05, 0.1) is 25.4 Å². The Kier molecular flexibility index (Phi) is 62.6. The van der Waals surface area contributed by atoms with Gasteiger partial charge in [-0.15, -0.1) is 0 Å². The van der Waals surface area contributed by atoms with Crippen molar-refractivity contribution in [3.8, 4) is 0 Å². The SMILES string of the molecule is CCCCCCCCCCCCCC/C=C\CCCCCCCCCCCCCCCCC(O)C(=O)NC(COC1OC(CO)C(O)C(O)C1O)C(O)C(O)CCCCCCCCCCCCCCCCCCCCCCCCCCCCCCCC. The van der Waals surface area contributed by atoms with E-state index in [0.29, 0.717) is 19.3 Å². The van der Waals surface area contributed by atoms with Crippen molar-refractivity contribution in [2.24, 2.45) is 0 Å². The predicted octanol–water partition coefficient (Wildman–Crippen LogP) is 19.4. The second-order valence-electron chi connectivity index (χ2n) is 27.4. The molecule has 9 atom stereocenters. The largest absolute Gasteiger partial charge is 0.394 e. The van der Waals surface area contributed by atoms with Crippen molar-refractivity contribution in [1.29, 1.82) is 0 Å². The van der Waals surface area contributed by atoms with Crippen LogP contribution in [0.5, 0.6) is 0 Å². The Morgan fingerprint density at radius 1 is 0.391 bits per heavy atom. The van der Waals surface area contributed by atoms with Gasteiger partial charge in [-0.1, -0.05) is 373 Å².